The van der Waals surface area contributed by atoms with Gasteiger partial charge in [-0.1, -0.05) is 0 Å². The van der Waals surface area contributed by atoms with Crippen LogP contribution in [0.1, 0.15) is 43.1 Å². The van der Waals surface area contributed by atoms with Crippen LogP contribution in [0, 0.1) is 0 Å². The van der Waals surface area contributed by atoms with E-state index in [1.54, 1.807) is 32.9 Å². The Balaban J connectivity index is 2.03. The third kappa shape index (κ3) is 5.09. The fourth-order valence-corrected chi connectivity index (χ4v) is 2.31. The quantitative estimate of drug-likeness (QED) is 0.475. The summed E-state index contributed by atoms with van der Waals surface area (Å²) in [7, 11) is 0. The van der Waals surface area contributed by atoms with Gasteiger partial charge in [0.25, 0.3) is 0 Å². The fraction of sp³-hybridized carbons (Fsp3) is 0.438. The van der Waals surface area contributed by atoms with Crippen LogP contribution in [0.2, 0.25) is 0 Å². The zero-order chi connectivity index (χ0) is 17.9. The Morgan fingerprint density at radius 3 is 2.71 bits per heavy atom. The lowest BCUT2D eigenvalue weighted by atomic mass is 10.0. The van der Waals surface area contributed by atoms with E-state index in [-0.39, 0.29) is 16.9 Å². The minimum atomic E-state index is -1.03. The monoisotopic (exact) mass is 352 g/mol. The summed E-state index contributed by atoms with van der Waals surface area (Å²) in [4.78, 5) is 23.6. The van der Waals surface area contributed by atoms with Crippen molar-refractivity contribution in [1.82, 2.24) is 5.32 Å². The van der Waals surface area contributed by atoms with Crippen LogP contribution in [0.3, 0.4) is 0 Å². The van der Waals surface area contributed by atoms with E-state index in [0.29, 0.717) is 18.6 Å². The van der Waals surface area contributed by atoms with Gasteiger partial charge in [0.2, 0.25) is 0 Å². The van der Waals surface area contributed by atoms with Gasteiger partial charge in [-0.05, 0) is 63.2 Å². The lowest BCUT2D eigenvalue weighted by Gasteiger charge is -2.27. The summed E-state index contributed by atoms with van der Waals surface area (Å²) in [5.74, 6) is -0.140. The summed E-state index contributed by atoms with van der Waals surface area (Å²) in [6.45, 7) is 5.06. The van der Waals surface area contributed by atoms with E-state index in [0.717, 1.165) is 5.56 Å². The van der Waals surface area contributed by atoms with Crippen LogP contribution in [-0.4, -0.2) is 29.1 Å². The first-order chi connectivity index (χ1) is 11.1. The molecule has 3 N–H and O–H groups in total. The van der Waals surface area contributed by atoms with Crippen LogP contribution >= 0.6 is 12.2 Å². The SMILES string of the molecule is CC(C)(C)OC(=O)OC(=O)c1ccc2c(c1)CCC(NC(N)=S)O2. The van der Waals surface area contributed by atoms with Crippen molar-refractivity contribution in [3.8, 4) is 5.75 Å². The highest BCUT2D eigenvalue weighted by atomic mass is 32.1. The minimum Gasteiger partial charge on any atom is -0.470 e. The Kier molecular flexibility index (Phi) is 5.28. The van der Waals surface area contributed by atoms with E-state index in [1.807, 2.05) is 0 Å². The number of hydrogen-bond donors (Lipinski definition) is 2. The number of fused-ring (bicyclic) bond motifs is 1. The summed E-state index contributed by atoms with van der Waals surface area (Å²) >= 11 is 4.79. The number of hydrogen-bond acceptors (Lipinski definition) is 6. The Labute approximate surface area is 145 Å². The van der Waals surface area contributed by atoms with Crippen molar-refractivity contribution < 1.29 is 23.8 Å². The molecule has 0 amide bonds. The predicted octanol–water partition coefficient (Wildman–Crippen LogP) is 2.26. The van der Waals surface area contributed by atoms with Gasteiger partial charge < -0.3 is 25.3 Å². The third-order valence-corrected chi connectivity index (χ3v) is 3.23. The molecule has 0 radical (unpaired) electrons. The molecule has 2 rings (SSSR count). The summed E-state index contributed by atoms with van der Waals surface area (Å²) in [6, 6.07) is 4.81. The van der Waals surface area contributed by atoms with Crippen LogP contribution in [0.15, 0.2) is 18.2 Å². The second-order valence-electron chi connectivity index (χ2n) is 6.33. The molecule has 8 heteroatoms. The van der Waals surface area contributed by atoms with Gasteiger partial charge in [0.15, 0.2) is 11.3 Å². The van der Waals surface area contributed by atoms with E-state index in [4.69, 9.17) is 32.2 Å². The van der Waals surface area contributed by atoms with Crippen LogP contribution in [-0.2, 0) is 15.9 Å². The van der Waals surface area contributed by atoms with Gasteiger partial charge in [-0.3, -0.25) is 0 Å². The van der Waals surface area contributed by atoms with E-state index < -0.39 is 17.7 Å². The predicted molar refractivity (Wildman–Crippen MR) is 90.7 cm³/mol. The zero-order valence-corrected chi connectivity index (χ0v) is 14.6. The summed E-state index contributed by atoms with van der Waals surface area (Å²) < 4.78 is 15.3. The minimum absolute atomic E-state index is 0.168. The molecule has 1 heterocycles. The van der Waals surface area contributed by atoms with E-state index in [9.17, 15) is 9.59 Å². The maximum Gasteiger partial charge on any atom is 0.516 e. The Hall–Kier alpha value is -2.35. The molecule has 0 aliphatic carbocycles. The highest BCUT2D eigenvalue weighted by Crippen LogP contribution is 2.28. The first kappa shape index (κ1) is 18.0. The van der Waals surface area contributed by atoms with Crippen molar-refractivity contribution in [2.75, 3.05) is 0 Å². The lowest BCUT2D eigenvalue weighted by Crippen LogP contribution is -2.43. The number of benzene rings is 1. The van der Waals surface area contributed by atoms with E-state index >= 15 is 0 Å². The van der Waals surface area contributed by atoms with Crippen LogP contribution in [0.5, 0.6) is 5.75 Å². The molecule has 1 aliphatic heterocycles. The van der Waals surface area contributed by atoms with Crippen molar-refractivity contribution in [2.24, 2.45) is 5.73 Å². The first-order valence-corrected chi connectivity index (χ1v) is 7.85. The van der Waals surface area contributed by atoms with E-state index in [2.05, 4.69) is 5.32 Å². The molecule has 1 unspecified atom stereocenters. The second kappa shape index (κ2) is 7.04. The number of nitrogens with one attached hydrogen (secondary N) is 1. The van der Waals surface area contributed by atoms with Crippen LogP contribution in [0.25, 0.3) is 0 Å². The molecule has 0 bridgehead atoms. The van der Waals surface area contributed by atoms with Gasteiger partial charge >= 0.3 is 12.1 Å². The molecule has 1 aromatic carbocycles. The largest absolute Gasteiger partial charge is 0.516 e. The number of ether oxygens (including phenoxy) is 3. The van der Waals surface area contributed by atoms with Gasteiger partial charge in [0.1, 0.15) is 11.4 Å². The maximum atomic E-state index is 12.0. The van der Waals surface area contributed by atoms with E-state index in [1.165, 1.54) is 6.07 Å². The number of carbonyl (C=O) groups excluding carboxylic acids is 2. The normalized spacial score (nSPS) is 16.4. The van der Waals surface area contributed by atoms with Crippen molar-refractivity contribution in [3.05, 3.63) is 29.3 Å². The molecule has 0 saturated heterocycles. The number of esters is 1. The molecule has 7 nitrogen and oxygen atoms in total. The molecule has 1 aromatic rings. The molecule has 0 aromatic heterocycles. The standard InChI is InChI=1S/C16H20N2O5S/c1-16(2,3)23-15(20)22-13(19)10-4-6-11-9(8-10)5-7-12(21-11)18-14(17)24/h4,6,8,12H,5,7H2,1-3H3,(H3,17,18,24). The zero-order valence-electron chi connectivity index (χ0n) is 13.8. The number of nitrogens with two attached hydrogens (primary N) is 1. The summed E-state index contributed by atoms with van der Waals surface area (Å²) in [5.41, 5.74) is 5.80. The van der Waals surface area contributed by atoms with Gasteiger partial charge in [-0.25, -0.2) is 9.59 Å². The van der Waals surface area contributed by atoms with Gasteiger partial charge in [0, 0.05) is 6.42 Å². The molecule has 1 aliphatic rings. The van der Waals surface area contributed by atoms with Crippen molar-refractivity contribution in [2.45, 2.75) is 45.4 Å². The van der Waals surface area contributed by atoms with Crippen molar-refractivity contribution in [1.29, 1.82) is 0 Å². The highest BCUT2D eigenvalue weighted by Gasteiger charge is 2.24. The molecule has 1 atom stereocenters. The van der Waals surface area contributed by atoms with Crippen LogP contribution in [0.4, 0.5) is 4.79 Å². The number of aryl methyl sites for hydroxylation is 1. The Bertz CT molecular complexity index is 669. The average molecular weight is 352 g/mol. The van der Waals surface area contributed by atoms with Crippen molar-refractivity contribution >= 4 is 29.5 Å². The number of carbonyl (C=O) groups is 2. The molecule has 24 heavy (non-hydrogen) atoms. The topological polar surface area (TPSA) is 99.9 Å². The lowest BCUT2D eigenvalue weighted by molar-refractivity contribution is -0.00155. The molecule has 0 fully saturated rings. The maximum absolute atomic E-state index is 12.0. The Morgan fingerprint density at radius 2 is 2.08 bits per heavy atom. The molecule has 0 saturated carbocycles. The highest BCUT2D eigenvalue weighted by molar-refractivity contribution is 7.80. The number of rotatable bonds is 2. The fourth-order valence-electron chi connectivity index (χ4n) is 2.18. The summed E-state index contributed by atoms with van der Waals surface area (Å²) in [6.07, 6.45) is -0.00491. The first-order valence-electron chi connectivity index (χ1n) is 7.45. The summed E-state index contributed by atoms with van der Waals surface area (Å²) in [5, 5.41) is 3.01. The van der Waals surface area contributed by atoms with Gasteiger partial charge in [0.05, 0.1) is 5.56 Å². The van der Waals surface area contributed by atoms with Crippen molar-refractivity contribution in [3.63, 3.8) is 0 Å². The number of thiocarbonyl (C=S) groups is 1. The van der Waals surface area contributed by atoms with Gasteiger partial charge in [-0.2, -0.15) is 0 Å². The molecular weight excluding hydrogens is 332 g/mol. The second-order valence-corrected chi connectivity index (χ2v) is 6.77. The van der Waals surface area contributed by atoms with Gasteiger partial charge in [-0.15, -0.1) is 0 Å². The third-order valence-electron chi connectivity index (χ3n) is 3.11. The molecule has 0 spiro atoms. The average Bonchev–Trinajstić information content (AvgIpc) is 2.43. The molecule has 130 valence electrons. The molecular formula is C16H20N2O5S. The Morgan fingerprint density at radius 1 is 1.38 bits per heavy atom. The van der Waals surface area contributed by atoms with Crippen LogP contribution < -0.4 is 15.8 Å². The smallest absolute Gasteiger partial charge is 0.470 e.